The summed E-state index contributed by atoms with van der Waals surface area (Å²) in [5.41, 5.74) is 1.37. The molecule has 0 bridgehead atoms. The summed E-state index contributed by atoms with van der Waals surface area (Å²) < 4.78 is 12.5. The number of methoxy groups -OCH3 is 1. The van der Waals surface area contributed by atoms with E-state index in [0.717, 1.165) is 17.7 Å². The van der Waals surface area contributed by atoms with Crippen LogP contribution in [0.25, 0.3) is 5.76 Å². The van der Waals surface area contributed by atoms with Crippen LogP contribution in [0.15, 0.2) is 47.4 Å². The molecule has 0 saturated carbocycles. The summed E-state index contributed by atoms with van der Waals surface area (Å²) in [6, 6.07) is 11.6. The van der Waals surface area contributed by atoms with Gasteiger partial charge in [-0.25, -0.2) is 6.92 Å². The van der Waals surface area contributed by atoms with Crippen LogP contribution in [0.2, 0.25) is 0 Å². The van der Waals surface area contributed by atoms with E-state index in [-0.39, 0.29) is 62.9 Å². The third-order valence-corrected chi connectivity index (χ3v) is 4.41. The Hall–Kier alpha value is -1.51. The number of pyridine rings is 1. The predicted molar refractivity (Wildman–Crippen MR) is 103 cm³/mol. The number of benzene rings is 1. The summed E-state index contributed by atoms with van der Waals surface area (Å²) in [5, 5.41) is 0. The molecule has 1 amide bonds. The standard InChI is InChI=1S/C21H22N2O4.K/c1-3-19(16-6-9-18(26-2)10-7-16)27-14-13-22-15-17(8-11-20(22)24)23-12-4-5-21(23)25;/h3,6,8-11,15H,1,4-5,12-14H2,2H3;/q-2;+1/b19-3+;. The Morgan fingerprint density at radius 2 is 2.11 bits per heavy atom. The molecule has 0 radical (unpaired) electrons. The second-order valence-corrected chi connectivity index (χ2v) is 6.13. The molecule has 1 aliphatic heterocycles. The Bertz CT molecular complexity index is 890. The minimum absolute atomic E-state index is 0. The van der Waals surface area contributed by atoms with Gasteiger partial charge in [-0.15, -0.1) is 29.8 Å². The van der Waals surface area contributed by atoms with E-state index in [2.05, 4.69) is 13.0 Å². The van der Waals surface area contributed by atoms with E-state index in [1.807, 2.05) is 12.1 Å². The number of rotatable bonds is 7. The molecule has 6 nitrogen and oxygen atoms in total. The van der Waals surface area contributed by atoms with Gasteiger partial charge >= 0.3 is 51.4 Å². The van der Waals surface area contributed by atoms with Gasteiger partial charge in [0.05, 0.1) is 25.9 Å². The maximum atomic E-state index is 12.1. The van der Waals surface area contributed by atoms with E-state index < -0.39 is 0 Å². The van der Waals surface area contributed by atoms with Gasteiger partial charge in [0, 0.05) is 36.7 Å². The van der Waals surface area contributed by atoms with Crippen molar-refractivity contribution < 1.29 is 65.7 Å². The monoisotopic (exact) mass is 405 g/mol. The maximum Gasteiger partial charge on any atom is 1.00 e. The topological polar surface area (TPSA) is 60.8 Å². The van der Waals surface area contributed by atoms with Crippen LogP contribution >= 0.6 is 0 Å². The summed E-state index contributed by atoms with van der Waals surface area (Å²) >= 11 is 0. The van der Waals surface area contributed by atoms with Crippen LogP contribution in [0.3, 0.4) is 0 Å². The molecule has 2 aromatic rings. The number of aromatic nitrogens is 1. The van der Waals surface area contributed by atoms with Gasteiger partial charge in [0.1, 0.15) is 0 Å². The molecule has 7 heteroatoms. The van der Waals surface area contributed by atoms with Crippen molar-refractivity contribution in [2.45, 2.75) is 19.4 Å². The van der Waals surface area contributed by atoms with Gasteiger partial charge in [0.25, 0.3) is 5.56 Å². The van der Waals surface area contributed by atoms with Crippen molar-refractivity contribution >= 4 is 17.4 Å². The molecule has 142 valence electrons. The molecule has 0 atom stereocenters. The van der Waals surface area contributed by atoms with E-state index in [1.165, 1.54) is 6.07 Å². The average molecular weight is 406 g/mol. The number of allylic oxidation sites excluding steroid dienone is 1. The summed E-state index contributed by atoms with van der Waals surface area (Å²) in [7, 11) is 1.60. The molecule has 1 saturated heterocycles. The van der Waals surface area contributed by atoms with Crippen LogP contribution in [0, 0.1) is 13.0 Å². The number of carbonyl (C=O) groups excluding carboxylic acids is 1. The van der Waals surface area contributed by atoms with Crippen molar-refractivity contribution in [3.63, 3.8) is 0 Å². The van der Waals surface area contributed by atoms with Crippen molar-refractivity contribution in [3.05, 3.63) is 71.5 Å². The zero-order chi connectivity index (χ0) is 19.2. The third kappa shape index (κ3) is 5.52. The molecular formula is C21H22KN2O4-. The van der Waals surface area contributed by atoms with Crippen LogP contribution in [0.1, 0.15) is 18.4 Å². The van der Waals surface area contributed by atoms with Crippen LogP contribution < -0.4 is 66.6 Å². The largest absolute Gasteiger partial charge is 1.00 e. The normalized spacial score (nSPS) is 14.0. The zero-order valence-corrected chi connectivity index (χ0v) is 19.4. The molecule has 1 fully saturated rings. The van der Waals surface area contributed by atoms with E-state index in [0.29, 0.717) is 37.6 Å². The fourth-order valence-corrected chi connectivity index (χ4v) is 2.97. The van der Waals surface area contributed by atoms with Gasteiger partial charge in [-0.3, -0.25) is 9.59 Å². The predicted octanol–water partition coefficient (Wildman–Crippen LogP) is -0.320. The quantitative estimate of drug-likeness (QED) is 0.360. The van der Waals surface area contributed by atoms with Crippen LogP contribution in [-0.4, -0.2) is 30.7 Å². The molecule has 0 spiro atoms. The Balaban J connectivity index is 0.00000280. The molecule has 0 N–H and O–H groups in total. The SMILES string of the molecule is [CH2-]/C=C(/OCCn1cc(N2CCCC2=O)ccc1=O)c1[c-]cc(OC)cc1.[K+]. The van der Waals surface area contributed by atoms with Crippen molar-refractivity contribution in [1.82, 2.24) is 4.57 Å². The first-order valence-corrected chi connectivity index (χ1v) is 8.81. The van der Waals surface area contributed by atoms with Gasteiger partial charge in [-0.05, 0) is 12.5 Å². The molecule has 1 aromatic carbocycles. The van der Waals surface area contributed by atoms with E-state index in [4.69, 9.17) is 9.47 Å². The van der Waals surface area contributed by atoms with Gasteiger partial charge < -0.3 is 18.9 Å². The molecular weight excluding hydrogens is 383 g/mol. The fourth-order valence-electron chi connectivity index (χ4n) is 2.97. The van der Waals surface area contributed by atoms with E-state index in [1.54, 1.807) is 41.0 Å². The minimum atomic E-state index is -0.134. The Labute approximate surface area is 207 Å². The fraction of sp³-hybridized carbons (Fsp3) is 0.286. The number of hydrogen-bond acceptors (Lipinski definition) is 4. The molecule has 28 heavy (non-hydrogen) atoms. The van der Waals surface area contributed by atoms with Crippen LogP contribution in [0.5, 0.6) is 5.75 Å². The second kappa shape index (κ2) is 10.9. The van der Waals surface area contributed by atoms with Crippen LogP contribution in [-0.2, 0) is 16.1 Å². The van der Waals surface area contributed by atoms with Crippen molar-refractivity contribution in [2.24, 2.45) is 0 Å². The molecule has 0 aliphatic carbocycles. The van der Waals surface area contributed by atoms with E-state index in [9.17, 15) is 9.59 Å². The summed E-state index contributed by atoms with van der Waals surface area (Å²) in [6.07, 6.45) is 4.72. The number of carbonyl (C=O) groups is 1. The molecule has 1 aromatic heterocycles. The Morgan fingerprint density at radius 1 is 1.29 bits per heavy atom. The Kier molecular flexibility index (Phi) is 8.84. The second-order valence-electron chi connectivity index (χ2n) is 6.13. The third-order valence-electron chi connectivity index (χ3n) is 4.41. The summed E-state index contributed by atoms with van der Waals surface area (Å²) in [5.74, 6) is 1.38. The Morgan fingerprint density at radius 3 is 2.71 bits per heavy atom. The molecule has 1 aliphatic rings. The van der Waals surface area contributed by atoms with E-state index >= 15 is 0 Å². The van der Waals surface area contributed by atoms with Crippen molar-refractivity contribution in [1.29, 1.82) is 0 Å². The number of hydrogen-bond donors (Lipinski definition) is 0. The van der Waals surface area contributed by atoms with Crippen molar-refractivity contribution in [3.8, 4) is 5.75 Å². The first-order valence-electron chi connectivity index (χ1n) is 8.81. The summed E-state index contributed by atoms with van der Waals surface area (Å²) in [6.45, 7) is 5.12. The smallest absolute Gasteiger partial charge is 0.540 e. The van der Waals surface area contributed by atoms with Gasteiger partial charge in [0.2, 0.25) is 5.91 Å². The van der Waals surface area contributed by atoms with Gasteiger partial charge in [-0.1, -0.05) is 0 Å². The number of anilines is 1. The first-order chi connectivity index (χ1) is 13.1. The average Bonchev–Trinajstić information content (AvgIpc) is 3.13. The maximum absolute atomic E-state index is 12.1. The molecule has 0 unspecified atom stereocenters. The first kappa shape index (κ1) is 22.8. The number of nitrogens with zero attached hydrogens (tertiary/aromatic N) is 2. The van der Waals surface area contributed by atoms with Crippen LogP contribution in [0.4, 0.5) is 5.69 Å². The van der Waals surface area contributed by atoms with Gasteiger partial charge in [0.15, 0.2) is 0 Å². The zero-order valence-electron chi connectivity index (χ0n) is 16.3. The molecule has 3 rings (SSSR count). The summed E-state index contributed by atoms with van der Waals surface area (Å²) in [4.78, 5) is 25.7. The van der Waals surface area contributed by atoms with Gasteiger partial charge in [-0.2, -0.15) is 6.08 Å². The van der Waals surface area contributed by atoms with Crippen molar-refractivity contribution in [2.75, 3.05) is 25.2 Å². The molecule has 2 heterocycles. The number of ether oxygens (including phenoxy) is 2. The number of amides is 1. The minimum Gasteiger partial charge on any atom is -0.540 e.